The molecule has 0 unspecified atom stereocenters. The highest BCUT2D eigenvalue weighted by Gasteiger charge is 2.33. The van der Waals surface area contributed by atoms with Gasteiger partial charge in [0.1, 0.15) is 22.0 Å². The molecule has 0 heterocycles. The molecule has 9 aliphatic rings. The fourth-order valence-corrected chi connectivity index (χ4v) is 19.5. The van der Waals surface area contributed by atoms with Crippen LogP contribution in [0.2, 0.25) is 0 Å². The first-order chi connectivity index (χ1) is 61.8. The van der Waals surface area contributed by atoms with E-state index in [1.165, 1.54) is 61.2 Å². The van der Waals surface area contributed by atoms with Gasteiger partial charge in [-0.15, -0.1) is 12.4 Å². The molecule has 18 rings (SSSR count). The summed E-state index contributed by atoms with van der Waals surface area (Å²) in [5, 5.41) is 30.1. The number of hydrogen-bond acceptors (Lipinski definition) is 13. The van der Waals surface area contributed by atoms with E-state index in [9.17, 15) is 18.0 Å². The second kappa shape index (κ2) is 47.0. The zero-order valence-corrected chi connectivity index (χ0v) is 80.0. The number of Topliss-reactive ketones (excluding diaryl/α,β-unsaturated/α-hetero) is 2. The molecular weight excluding hydrogens is 1750 g/mol. The quantitative estimate of drug-likeness (QED) is 0.0245. The van der Waals surface area contributed by atoms with Crippen molar-refractivity contribution in [2.75, 3.05) is 42.3 Å². The third-order valence-corrected chi connectivity index (χ3v) is 28.0. The first kappa shape index (κ1) is 102. The van der Waals surface area contributed by atoms with Crippen LogP contribution in [-0.2, 0) is 79.8 Å². The number of halogens is 2. The SMILES string of the molecule is CN(C)[C@@H]1CCc2c(C(N)=NO)cccc21.CN[C@@H]1CCc2c(C(N)=NO)cccc21.Cl.O=C1CCc2c(Br)cccc21.[C-]#[N+]c1cccc2c1CCC2=N[S@](=O)C(C)(C)C.[C-]#[N+]c1cccc2c1CCC2=N[S@](=O)C(C)(C)C.[C-]#[N+]c1cccc2c1CCC2=O.[C-]#[N+]c1cccc2c1CC[C@H]2N.[C-]#[N+]c1cccc2c1CC[C@H]2N(C)C.[C-]#[N+]c1cccc2c1CC[C@H]2NC. The number of carbonyl (C=O) groups excluding carboxylic acids is 2. The van der Waals surface area contributed by atoms with E-state index in [0.717, 1.165) is 186 Å². The molecule has 674 valence electrons. The number of carbonyl (C=O) groups is 2. The van der Waals surface area contributed by atoms with Crippen LogP contribution >= 0.6 is 28.3 Å². The van der Waals surface area contributed by atoms with Crippen molar-refractivity contribution in [3.63, 3.8) is 0 Å². The number of ketones is 2. The molecule has 9 aliphatic carbocycles. The predicted molar refractivity (Wildman–Crippen MR) is 531 cm³/mol. The Morgan fingerprint density at radius 3 is 1.08 bits per heavy atom. The molecule has 0 radical (unpaired) electrons. The van der Waals surface area contributed by atoms with Gasteiger partial charge in [-0.3, -0.25) is 9.59 Å². The average Bonchev–Trinajstić information content (AvgIpc) is 1.64. The van der Waals surface area contributed by atoms with Crippen LogP contribution in [0.3, 0.4) is 0 Å². The van der Waals surface area contributed by atoms with Gasteiger partial charge < -0.3 is 48.0 Å². The van der Waals surface area contributed by atoms with Gasteiger partial charge in [-0.25, -0.2) is 37.5 Å². The highest BCUT2D eigenvalue weighted by Crippen LogP contribution is 2.43. The molecule has 23 nitrogen and oxygen atoms in total. The number of nitrogens with zero attached hydrogens (tertiary/aromatic N) is 12. The van der Waals surface area contributed by atoms with Gasteiger partial charge in [0.05, 0.1) is 60.4 Å². The summed E-state index contributed by atoms with van der Waals surface area (Å²) in [5.74, 6) is 0.858. The standard InChI is InChI=1S/2C14H16N2OS.C12H17N3O.C12H14N2.C11H15N3O.C11H12N2.C10H10N2.C10H7NO.C9H7BrO.ClH/c2*1-14(2,3)18(17)16-13-9-8-11-10(13)6-5-7-12(11)15-4;1-15(2)11-7-6-8-9(11)4-3-5-10(8)12(13)14-16;1-13-11-6-4-5-10-9(11)7-8-12(10)14(2)3;1-13-10-6-5-7-8(10)3-2-4-9(7)11(12)14-15;1-12-10-5-3-4-8-9(10)6-7-11(8)13-2;1-12-10-4-2-3-7-8(10)5-6-9(7)11;1-11-9-4-2-3-8-7(9)5-6-10(8)12;10-8-3-1-2-7-6(8)4-5-9(7)11;/h2*5-7H,8-9H2,1-3H3;3-5,11,16H,6-7H2,1-2H3,(H2,13,14);4-6,12H,7-8H2,2-3H3;2-4,10,13,15H,5-6H2,1H3,(H2,12,14);3-5,11,13H,6-7H2,2H3;2-4,9H,5-6,11H2;2-4H,5-6H2;1-3H,4-5H2;1H/t2*18-;11-;12-;10-;11-;9-;;;/m1111111.../s1. The molecule has 0 saturated heterocycles. The van der Waals surface area contributed by atoms with E-state index < -0.39 is 22.0 Å². The molecule has 0 saturated carbocycles. The summed E-state index contributed by atoms with van der Waals surface area (Å²) in [6.07, 6.45) is 16.6. The second-order valence-corrected chi connectivity index (χ2v) is 39.4. The Labute approximate surface area is 785 Å². The highest BCUT2D eigenvalue weighted by molar-refractivity contribution is 9.10. The zero-order chi connectivity index (χ0) is 93.6. The van der Waals surface area contributed by atoms with Crippen molar-refractivity contribution >= 4 is 119 Å². The van der Waals surface area contributed by atoms with Gasteiger partial charge in [-0.2, -0.15) is 8.80 Å². The number of oxime groups is 2. The second-order valence-electron chi connectivity index (χ2n) is 34.7. The van der Waals surface area contributed by atoms with Crippen molar-refractivity contribution in [1.29, 1.82) is 0 Å². The normalized spacial score (nSPS) is 18.4. The summed E-state index contributed by atoms with van der Waals surface area (Å²) >= 11 is 3.42. The largest absolute Gasteiger partial charge is 0.409 e. The van der Waals surface area contributed by atoms with Crippen LogP contribution in [0.1, 0.15) is 250 Å². The van der Waals surface area contributed by atoms with E-state index in [-0.39, 0.29) is 51.2 Å². The minimum Gasteiger partial charge on any atom is -0.409 e. The Kier molecular flexibility index (Phi) is 36.8. The average molecular weight is 1870 g/mol. The van der Waals surface area contributed by atoms with E-state index >= 15 is 0 Å². The number of benzene rings is 9. The number of fused-ring (bicyclic) bond motifs is 9. The zero-order valence-electron chi connectivity index (χ0n) is 75.9. The lowest BCUT2D eigenvalue weighted by atomic mass is 10.0. The van der Waals surface area contributed by atoms with Gasteiger partial charge in [0.15, 0.2) is 57.4 Å². The third kappa shape index (κ3) is 24.4. The fraction of sp³-hybridized carbons (Fsp3) is 0.359. The van der Waals surface area contributed by atoms with Crippen molar-refractivity contribution in [3.8, 4) is 0 Å². The highest BCUT2D eigenvalue weighted by atomic mass is 79.9. The lowest BCUT2D eigenvalue weighted by Crippen LogP contribution is -2.20. The lowest BCUT2D eigenvalue weighted by Gasteiger charge is -2.20. The summed E-state index contributed by atoms with van der Waals surface area (Å²) in [5.41, 5.74) is 45.5. The van der Waals surface area contributed by atoms with Crippen LogP contribution < -0.4 is 27.8 Å². The number of rotatable bonds is 8. The number of nitrogens with one attached hydrogen (secondary N) is 2. The first-order valence-electron chi connectivity index (χ1n) is 43.3. The van der Waals surface area contributed by atoms with E-state index in [0.29, 0.717) is 54.1 Å². The first-order valence-corrected chi connectivity index (χ1v) is 46.3. The molecule has 7 atom stereocenters. The van der Waals surface area contributed by atoms with Crippen LogP contribution in [0.15, 0.2) is 187 Å². The molecule has 0 bridgehead atoms. The van der Waals surface area contributed by atoms with Crippen LogP contribution in [0.4, 0.5) is 34.1 Å². The van der Waals surface area contributed by atoms with Crippen molar-refractivity contribution in [1.82, 2.24) is 20.4 Å². The maximum absolute atomic E-state index is 12.0. The Balaban J connectivity index is 0.000000165. The predicted octanol–water partition coefficient (Wildman–Crippen LogP) is 22.0. The lowest BCUT2D eigenvalue weighted by molar-refractivity contribution is 0.0986. The Morgan fingerprint density at radius 2 is 0.685 bits per heavy atom. The number of amidine groups is 2. The van der Waals surface area contributed by atoms with Crippen molar-refractivity contribution in [2.45, 2.75) is 197 Å². The van der Waals surface area contributed by atoms with Gasteiger partial charge >= 0.3 is 0 Å². The topological polar surface area (TPSA) is 293 Å². The molecule has 0 fully saturated rings. The smallest absolute Gasteiger partial charge is 0.191 e. The van der Waals surface area contributed by atoms with Crippen molar-refractivity contribution in [2.24, 2.45) is 36.3 Å². The summed E-state index contributed by atoms with van der Waals surface area (Å²) in [6, 6.07) is 54.2. The van der Waals surface area contributed by atoms with E-state index in [2.05, 4.69) is 137 Å². The van der Waals surface area contributed by atoms with Gasteiger partial charge in [0.2, 0.25) is 0 Å². The van der Waals surface area contributed by atoms with Crippen LogP contribution in [0.25, 0.3) is 29.1 Å². The molecular formula is C103H115BrClN17O6S2. The van der Waals surface area contributed by atoms with Crippen molar-refractivity contribution < 1.29 is 28.4 Å². The Morgan fingerprint density at radius 1 is 0.392 bits per heavy atom. The summed E-state index contributed by atoms with van der Waals surface area (Å²) in [7, 11) is 9.83. The molecule has 10 N–H and O–H groups in total. The summed E-state index contributed by atoms with van der Waals surface area (Å²) in [6.45, 7) is 53.8. The molecule has 0 aromatic heterocycles. The molecule has 0 spiro atoms. The van der Waals surface area contributed by atoms with Gasteiger partial charge in [0.25, 0.3) is 0 Å². The molecule has 9 aromatic carbocycles. The fourth-order valence-electron chi connectivity index (χ4n) is 17.6. The molecule has 27 heteroatoms. The minimum absolute atomic E-state index is 0. The van der Waals surface area contributed by atoms with E-state index in [4.69, 9.17) is 67.0 Å². The van der Waals surface area contributed by atoms with E-state index in [1.807, 2.05) is 177 Å². The van der Waals surface area contributed by atoms with Crippen molar-refractivity contribution in [3.05, 3.63) is 348 Å². The van der Waals surface area contributed by atoms with Gasteiger partial charge in [0, 0.05) is 69.8 Å². The van der Waals surface area contributed by atoms with E-state index in [1.54, 1.807) is 18.2 Å². The van der Waals surface area contributed by atoms with Gasteiger partial charge in [-0.05, 0) is 282 Å². The Hall–Kier alpha value is -12.0. The molecule has 0 amide bonds. The third-order valence-electron chi connectivity index (χ3n) is 24.4. The number of hydrogen-bond donors (Lipinski definition) is 7. The minimum atomic E-state index is -1.23. The summed E-state index contributed by atoms with van der Waals surface area (Å²) < 4.78 is 33.2. The summed E-state index contributed by atoms with van der Waals surface area (Å²) in [4.78, 5) is 47.9. The molecule has 9 aromatic rings. The Bertz CT molecular complexity index is 6020. The van der Waals surface area contributed by atoms with Crippen LogP contribution in [-0.4, -0.2) is 115 Å². The molecule has 130 heavy (non-hydrogen) atoms. The monoisotopic (exact) mass is 1860 g/mol. The molecule has 0 aliphatic heterocycles. The number of nitrogens with two attached hydrogens (primary N) is 3. The maximum atomic E-state index is 12.0. The van der Waals surface area contributed by atoms with Gasteiger partial charge in [-0.1, -0.05) is 184 Å². The van der Waals surface area contributed by atoms with Crippen LogP contribution in [0.5, 0.6) is 0 Å². The maximum Gasteiger partial charge on any atom is 0.191 e. The van der Waals surface area contributed by atoms with Crippen LogP contribution in [0, 0.1) is 39.4 Å².